The van der Waals surface area contributed by atoms with Crippen LogP contribution in [-0.4, -0.2) is 27.5 Å². The van der Waals surface area contributed by atoms with Gasteiger partial charge in [-0.05, 0) is 12.1 Å². The third-order valence-corrected chi connectivity index (χ3v) is 4.68. The molecule has 1 heterocycles. The van der Waals surface area contributed by atoms with Crippen LogP contribution in [0.4, 0.5) is 0 Å². The van der Waals surface area contributed by atoms with Crippen LogP contribution in [0.1, 0.15) is 9.67 Å². The van der Waals surface area contributed by atoms with Crippen molar-refractivity contribution < 1.29 is 14.1 Å². The minimum absolute atomic E-state index is 0.0861. The first-order valence-corrected chi connectivity index (χ1v) is 7.86. The summed E-state index contributed by atoms with van der Waals surface area (Å²) in [6, 6.07) is 10.5. The smallest absolute Gasteiger partial charge is 0.261 e. The molecule has 1 amide bonds. The second kappa shape index (κ2) is 6.49. The average Bonchev–Trinajstić information content (AvgIpc) is 2.86. The maximum absolute atomic E-state index is 11.9. The number of carbonyl (C=O) groups excluding carboxylic acids is 1. The molecule has 4 nitrogen and oxygen atoms in total. The predicted molar refractivity (Wildman–Crippen MR) is 76.0 cm³/mol. The lowest BCUT2D eigenvalue weighted by Gasteiger charge is -2.04. The average molecular weight is 295 g/mol. The van der Waals surface area contributed by atoms with Crippen molar-refractivity contribution in [3.8, 4) is 5.75 Å². The van der Waals surface area contributed by atoms with E-state index in [0.717, 1.165) is 4.90 Å². The standard InChI is InChI=1S/C13H13NO3S2/c15-10-8-12(18-9-10)13(16)14-6-7-19(17)11-4-2-1-3-5-11/h1-5,8-9,15H,6-7H2,(H,14,16). The summed E-state index contributed by atoms with van der Waals surface area (Å²) in [6.45, 7) is 0.332. The highest BCUT2D eigenvalue weighted by Gasteiger charge is 2.09. The predicted octanol–water partition coefficient (Wildman–Crippen LogP) is 1.99. The fraction of sp³-hybridized carbons (Fsp3) is 0.154. The van der Waals surface area contributed by atoms with Gasteiger partial charge in [-0.2, -0.15) is 0 Å². The summed E-state index contributed by atoms with van der Waals surface area (Å²) in [5, 5.41) is 13.3. The summed E-state index contributed by atoms with van der Waals surface area (Å²) in [4.78, 5) is 12.9. The number of thiophene rings is 1. The molecule has 0 fully saturated rings. The Labute approximate surface area is 117 Å². The van der Waals surface area contributed by atoms with E-state index in [4.69, 9.17) is 5.11 Å². The Morgan fingerprint density at radius 2 is 2.05 bits per heavy atom. The van der Waals surface area contributed by atoms with Gasteiger partial charge in [-0.1, -0.05) is 18.2 Å². The summed E-state index contributed by atoms with van der Waals surface area (Å²) < 4.78 is 11.9. The Morgan fingerprint density at radius 3 is 2.68 bits per heavy atom. The maximum Gasteiger partial charge on any atom is 0.261 e. The van der Waals surface area contributed by atoms with E-state index < -0.39 is 10.8 Å². The van der Waals surface area contributed by atoms with Gasteiger partial charge in [0.25, 0.3) is 5.91 Å². The first-order chi connectivity index (χ1) is 9.16. The molecule has 2 N–H and O–H groups in total. The molecule has 0 saturated heterocycles. The molecule has 0 radical (unpaired) electrons. The van der Waals surface area contributed by atoms with Gasteiger partial charge in [0.05, 0.1) is 15.7 Å². The van der Waals surface area contributed by atoms with E-state index in [1.165, 1.54) is 22.8 Å². The maximum atomic E-state index is 11.9. The van der Waals surface area contributed by atoms with Crippen LogP contribution in [-0.2, 0) is 10.8 Å². The molecule has 1 aromatic carbocycles. The molecule has 2 rings (SSSR count). The van der Waals surface area contributed by atoms with Crippen molar-refractivity contribution in [1.82, 2.24) is 5.32 Å². The van der Waals surface area contributed by atoms with E-state index in [-0.39, 0.29) is 11.7 Å². The lowest BCUT2D eigenvalue weighted by Crippen LogP contribution is -2.27. The van der Waals surface area contributed by atoms with E-state index in [9.17, 15) is 9.00 Å². The van der Waals surface area contributed by atoms with Gasteiger partial charge in [0.1, 0.15) is 5.75 Å². The van der Waals surface area contributed by atoms with Gasteiger partial charge in [-0.25, -0.2) is 0 Å². The molecule has 0 aliphatic heterocycles. The van der Waals surface area contributed by atoms with Crippen LogP contribution < -0.4 is 5.32 Å². The number of benzene rings is 1. The van der Waals surface area contributed by atoms with Gasteiger partial charge in [0, 0.05) is 28.6 Å². The van der Waals surface area contributed by atoms with Crippen molar-refractivity contribution in [1.29, 1.82) is 0 Å². The molecule has 6 heteroatoms. The molecular formula is C13H13NO3S2. The first kappa shape index (κ1) is 13.8. The highest BCUT2D eigenvalue weighted by molar-refractivity contribution is 7.85. The van der Waals surface area contributed by atoms with Crippen LogP contribution in [0.5, 0.6) is 5.75 Å². The molecule has 100 valence electrons. The Kier molecular flexibility index (Phi) is 4.70. The largest absolute Gasteiger partial charge is 0.507 e. The topological polar surface area (TPSA) is 66.4 Å². The van der Waals surface area contributed by atoms with Crippen molar-refractivity contribution >= 4 is 28.0 Å². The molecule has 0 spiro atoms. The molecule has 1 aromatic heterocycles. The van der Waals surface area contributed by atoms with Gasteiger partial charge in [0.15, 0.2) is 0 Å². The summed E-state index contributed by atoms with van der Waals surface area (Å²) in [7, 11) is -1.11. The van der Waals surface area contributed by atoms with Crippen molar-refractivity contribution in [2.75, 3.05) is 12.3 Å². The summed E-state index contributed by atoms with van der Waals surface area (Å²) >= 11 is 1.17. The zero-order valence-corrected chi connectivity index (χ0v) is 11.7. The van der Waals surface area contributed by atoms with Crippen LogP contribution >= 0.6 is 11.3 Å². The number of hydrogen-bond donors (Lipinski definition) is 2. The molecule has 1 unspecified atom stereocenters. The van der Waals surface area contributed by atoms with Gasteiger partial charge in [-0.15, -0.1) is 11.3 Å². The molecular weight excluding hydrogens is 282 g/mol. The van der Waals surface area contributed by atoms with Gasteiger partial charge >= 0.3 is 0 Å². The van der Waals surface area contributed by atoms with E-state index in [1.54, 1.807) is 12.1 Å². The fourth-order valence-electron chi connectivity index (χ4n) is 1.48. The van der Waals surface area contributed by atoms with Crippen molar-refractivity contribution in [3.05, 3.63) is 46.7 Å². The Morgan fingerprint density at radius 1 is 1.32 bits per heavy atom. The zero-order valence-electron chi connectivity index (χ0n) is 10.0. The second-order valence-corrected chi connectivity index (χ2v) is 6.27. The Balaban J connectivity index is 1.81. The van der Waals surface area contributed by atoms with Crippen molar-refractivity contribution in [3.63, 3.8) is 0 Å². The molecule has 0 aliphatic carbocycles. The van der Waals surface area contributed by atoms with E-state index in [0.29, 0.717) is 17.2 Å². The number of rotatable bonds is 5. The van der Waals surface area contributed by atoms with Crippen LogP contribution in [0.15, 0.2) is 46.7 Å². The summed E-state index contributed by atoms with van der Waals surface area (Å²) in [5.41, 5.74) is 0. The lowest BCUT2D eigenvalue weighted by atomic mass is 10.4. The lowest BCUT2D eigenvalue weighted by molar-refractivity contribution is 0.0960. The second-order valence-electron chi connectivity index (χ2n) is 3.79. The SMILES string of the molecule is O=C(NCCS(=O)c1ccccc1)c1cc(O)cs1. The molecule has 19 heavy (non-hydrogen) atoms. The number of amides is 1. The van der Waals surface area contributed by atoms with Crippen LogP contribution in [0.2, 0.25) is 0 Å². The summed E-state index contributed by atoms with van der Waals surface area (Å²) in [5.74, 6) is 0.200. The monoisotopic (exact) mass is 295 g/mol. The van der Waals surface area contributed by atoms with E-state index in [1.807, 2.05) is 18.2 Å². The van der Waals surface area contributed by atoms with Gasteiger partial charge in [0.2, 0.25) is 0 Å². The molecule has 2 aromatic rings. The Bertz CT molecular complexity index is 581. The van der Waals surface area contributed by atoms with Crippen molar-refractivity contribution in [2.24, 2.45) is 0 Å². The van der Waals surface area contributed by atoms with E-state index >= 15 is 0 Å². The minimum atomic E-state index is -1.11. The highest BCUT2D eigenvalue weighted by atomic mass is 32.2. The van der Waals surface area contributed by atoms with Crippen molar-refractivity contribution in [2.45, 2.75) is 4.90 Å². The number of aromatic hydroxyl groups is 1. The third kappa shape index (κ3) is 3.90. The minimum Gasteiger partial charge on any atom is -0.507 e. The van der Waals surface area contributed by atoms with Gasteiger partial charge < -0.3 is 10.4 Å². The zero-order chi connectivity index (χ0) is 13.7. The molecule has 0 aliphatic rings. The number of hydrogen-bond acceptors (Lipinski definition) is 4. The molecule has 1 atom stereocenters. The van der Waals surface area contributed by atoms with Crippen LogP contribution in [0.25, 0.3) is 0 Å². The van der Waals surface area contributed by atoms with Crippen LogP contribution in [0.3, 0.4) is 0 Å². The molecule has 0 saturated carbocycles. The van der Waals surface area contributed by atoms with E-state index in [2.05, 4.69) is 5.32 Å². The quantitative estimate of drug-likeness (QED) is 0.886. The third-order valence-electron chi connectivity index (χ3n) is 2.39. The Hall–Kier alpha value is -1.66. The first-order valence-electron chi connectivity index (χ1n) is 5.66. The number of carbonyl (C=O) groups is 1. The summed E-state index contributed by atoms with van der Waals surface area (Å²) in [6.07, 6.45) is 0. The number of nitrogens with one attached hydrogen (secondary N) is 1. The normalized spacial score (nSPS) is 12.0. The van der Waals surface area contributed by atoms with Crippen LogP contribution in [0, 0.1) is 0 Å². The van der Waals surface area contributed by atoms with Gasteiger partial charge in [-0.3, -0.25) is 9.00 Å². The molecule has 0 bridgehead atoms. The fourth-order valence-corrected chi connectivity index (χ4v) is 3.15. The highest BCUT2D eigenvalue weighted by Crippen LogP contribution is 2.19.